The third kappa shape index (κ3) is 4.89. The molecule has 0 bridgehead atoms. The van der Waals surface area contributed by atoms with Crippen molar-refractivity contribution in [2.24, 2.45) is 5.92 Å². The van der Waals surface area contributed by atoms with Gasteiger partial charge in [-0.15, -0.1) is 0 Å². The molecule has 0 saturated heterocycles. The second-order valence-corrected chi connectivity index (χ2v) is 5.90. The second-order valence-electron chi connectivity index (χ2n) is 5.04. The number of rotatable bonds is 7. The minimum atomic E-state index is -0.342. The van der Waals surface area contributed by atoms with Gasteiger partial charge in [-0.1, -0.05) is 35.8 Å². The average Bonchev–Trinajstić information content (AvgIpc) is 2.43. The van der Waals surface area contributed by atoms with Crippen LogP contribution in [0.5, 0.6) is 0 Å². The Labute approximate surface area is 128 Å². The van der Waals surface area contributed by atoms with Crippen LogP contribution in [-0.4, -0.2) is 30.8 Å². The van der Waals surface area contributed by atoms with Crippen molar-refractivity contribution in [3.05, 3.63) is 33.8 Å². The summed E-state index contributed by atoms with van der Waals surface area (Å²) in [6, 6.07) is 5.69. The van der Waals surface area contributed by atoms with Crippen molar-refractivity contribution in [3.8, 4) is 0 Å². The third-order valence-corrected chi connectivity index (χ3v) is 4.01. The topological polar surface area (TPSA) is 58.6 Å². The minimum absolute atomic E-state index is 0.179. The molecule has 0 spiro atoms. The van der Waals surface area contributed by atoms with Crippen molar-refractivity contribution < 1.29 is 14.6 Å². The summed E-state index contributed by atoms with van der Waals surface area (Å²) in [7, 11) is 1.37. The van der Waals surface area contributed by atoms with Gasteiger partial charge in [-0.05, 0) is 30.0 Å². The molecule has 0 aromatic heterocycles. The highest BCUT2D eigenvalue weighted by Crippen LogP contribution is 2.20. The largest absolute Gasteiger partial charge is 0.465 e. The molecule has 0 aliphatic rings. The summed E-state index contributed by atoms with van der Waals surface area (Å²) in [6.07, 6.45) is 0.732. The number of aliphatic hydroxyl groups is 1. The van der Waals surface area contributed by atoms with E-state index in [1.165, 1.54) is 7.11 Å². The molecule has 0 aliphatic heterocycles. The average molecular weight is 344 g/mol. The Hall–Kier alpha value is -0.910. The molecule has 112 valence electrons. The Morgan fingerprint density at radius 2 is 2.15 bits per heavy atom. The van der Waals surface area contributed by atoms with E-state index in [1.807, 2.05) is 6.07 Å². The van der Waals surface area contributed by atoms with Gasteiger partial charge >= 0.3 is 5.97 Å². The normalized spacial score (nSPS) is 12.5. The number of carbonyl (C=O) groups is 1. The van der Waals surface area contributed by atoms with E-state index in [0.29, 0.717) is 18.0 Å². The first kappa shape index (κ1) is 17.1. The maximum absolute atomic E-state index is 11.4. The standard InChI is InChI=1S/C15H22BrNO3/c1-10(2)14(6-7-18)17-9-12-5-4-11(8-13(12)16)15(19)20-3/h4-5,8,10,14,17-18H,6-7,9H2,1-3H3. The Bertz CT molecular complexity index is 449. The molecule has 1 unspecified atom stereocenters. The predicted octanol–water partition coefficient (Wildman–Crippen LogP) is 2.73. The van der Waals surface area contributed by atoms with E-state index < -0.39 is 0 Å². The minimum Gasteiger partial charge on any atom is -0.465 e. The quantitative estimate of drug-likeness (QED) is 0.747. The van der Waals surface area contributed by atoms with Crippen LogP contribution in [0.4, 0.5) is 0 Å². The summed E-state index contributed by atoms with van der Waals surface area (Å²) in [5.74, 6) is 0.112. The summed E-state index contributed by atoms with van der Waals surface area (Å²) in [5.41, 5.74) is 1.60. The molecule has 5 heteroatoms. The highest BCUT2D eigenvalue weighted by atomic mass is 79.9. The fraction of sp³-hybridized carbons (Fsp3) is 0.533. The van der Waals surface area contributed by atoms with E-state index in [4.69, 9.17) is 5.11 Å². The molecular weight excluding hydrogens is 322 g/mol. The molecule has 0 amide bonds. The van der Waals surface area contributed by atoms with Crippen LogP contribution in [0, 0.1) is 5.92 Å². The van der Waals surface area contributed by atoms with Crippen LogP contribution in [-0.2, 0) is 11.3 Å². The lowest BCUT2D eigenvalue weighted by atomic mass is 10.0. The summed E-state index contributed by atoms with van der Waals surface area (Å²) >= 11 is 3.47. The smallest absolute Gasteiger partial charge is 0.337 e. The first-order chi connectivity index (χ1) is 9.49. The summed E-state index contributed by atoms with van der Waals surface area (Å²) in [6.45, 7) is 5.12. The van der Waals surface area contributed by atoms with E-state index in [-0.39, 0.29) is 18.6 Å². The van der Waals surface area contributed by atoms with Gasteiger partial charge in [0.1, 0.15) is 0 Å². The van der Waals surface area contributed by atoms with Crippen molar-refractivity contribution in [1.29, 1.82) is 0 Å². The summed E-state index contributed by atoms with van der Waals surface area (Å²) < 4.78 is 5.56. The number of benzene rings is 1. The van der Waals surface area contributed by atoms with Gasteiger partial charge in [0.25, 0.3) is 0 Å². The Morgan fingerprint density at radius 1 is 1.45 bits per heavy atom. The fourth-order valence-corrected chi connectivity index (χ4v) is 2.51. The molecule has 0 fully saturated rings. The van der Waals surface area contributed by atoms with Crippen LogP contribution in [0.3, 0.4) is 0 Å². The number of halogens is 1. The molecule has 1 aromatic rings. The Morgan fingerprint density at radius 3 is 2.65 bits per heavy atom. The van der Waals surface area contributed by atoms with Crippen LogP contribution in [0.1, 0.15) is 36.2 Å². The molecule has 2 N–H and O–H groups in total. The number of nitrogens with one attached hydrogen (secondary N) is 1. The molecule has 20 heavy (non-hydrogen) atoms. The van der Waals surface area contributed by atoms with Crippen molar-refractivity contribution in [2.45, 2.75) is 32.9 Å². The monoisotopic (exact) mass is 343 g/mol. The number of hydrogen-bond acceptors (Lipinski definition) is 4. The first-order valence-corrected chi connectivity index (χ1v) is 7.49. The first-order valence-electron chi connectivity index (χ1n) is 6.70. The van der Waals surface area contributed by atoms with Gasteiger partial charge < -0.3 is 15.2 Å². The van der Waals surface area contributed by atoms with Crippen LogP contribution in [0.2, 0.25) is 0 Å². The predicted molar refractivity (Wildman–Crippen MR) is 82.7 cm³/mol. The molecular formula is C15H22BrNO3. The molecule has 0 radical (unpaired) electrons. The van der Waals surface area contributed by atoms with Crippen molar-refractivity contribution in [3.63, 3.8) is 0 Å². The lowest BCUT2D eigenvalue weighted by molar-refractivity contribution is 0.0600. The zero-order valence-electron chi connectivity index (χ0n) is 12.1. The van der Waals surface area contributed by atoms with Crippen LogP contribution >= 0.6 is 15.9 Å². The third-order valence-electron chi connectivity index (χ3n) is 3.27. The fourth-order valence-electron chi connectivity index (χ4n) is 1.99. The van der Waals surface area contributed by atoms with Crippen molar-refractivity contribution in [1.82, 2.24) is 5.32 Å². The van der Waals surface area contributed by atoms with Gasteiger partial charge in [-0.3, -0.25) is 0 Å². The number of carbonyl (C=O) groups excluding carboxylic acids is 1. The van der Waals surface area contributed by atoms with E-state index in [9.17, 15) is 4.79 Å². The van der Waals surface area contributed by atoms with E-state index in [0.717, 1.165) is 16.5 Å². The van der Waals surface area contributed by atoms with Gasteiger partial charge in [0, 0.05) is 23.7 Å². The van der Waals surface area contributed by atoms with Crippen molar-refractivity contribution >= 4 is 21.9 Å². The molecule has 4 nitrogen and oxygen atoms in total. The summed E-state index contributed by atoms with van der Waals surface area (Å²) in [5, 5.41) is 12.5. The molecule has 1 rings (SSSR count). The lowest BCUT2D eigenvalue weighted by Crippen LogP contribution is -2.34. The molecule has 0 heterocycles. The number of ether oxygens (including phenoxy) is 1. The maximum atomic E-state index is 11.4. The SMILES string of the molecule is COC(=O)c1ccc(CNC(CCO)C(C)C)c(Br)c1. The summed E-state index contributed by atoms with van der Waals surface area (Å²) in [4.78, 5) is 11.4. The molecule has 1 atom stereocenters. The molecule has 1 aromatic carbocycles. The van der Waals surface area contributed by atoms with Crippen LogP contribution < -0.4 is 5.32 Å². The van der Waals surface area contributed by atoms with Gasteiger partial charge in [0.15, 0.2) is 0 Å². The second kappa shape index (κ2) is 8.39. The molecule has 0 aliphatic carbocycles. The van der Waals surface area contributed by atoms with Crippen LogP contribution in [0.25, 0.3) is 0 Å². The zero-order valence-corrected chi connectivity index (χ0v) is 13.7. The Balaban J connectivity index is 2.71. The molecule has 0 saturated carbocycles. The van der Waals surface area contributed by atoms with Gasteiger partial charge in [-0.25, -0.2) is 4.79 Å². The van der Waals surface area contributed by atoms with Crippen molar-refractivity contribution in [2.75, 3.05) is 13.7 Å². The number of methoxy groups -OCH3 is 1. The van der Waals surface area contributed by atoms with Gasteiger partial charge in [-0.2, -0.15) is 0 Å². The number of hydrogen-bond donors (Lipinski definition) is 2. The number of aliphatic hydroxyl groups excluding tert-OH is 1. The van der Waals surface area contributed by atoms with Gasteiger partial charge in [0.05, 0.1) is 12.7 Å². The highest BCUT2D eigenvalue weighted by Gasteiger charge is 2.13. The lowest BCUT2D eigenvalue weighted by Gasteiger charge is -2.22. The maximum Gasteiger partial charge on any atom is 0.337 e. The van der Waals surface area contributed by atoms with E-state index in [2.05, 4.69) is 39.8 Å². The Kier molecular flexibility index (Phi) is 7.19. The zero-order chi connectivity index (χ0) is 15.1. The van der Waals surface area contributed by atoms with Crippen LogP contribution in [0.15, 0.2) is 22.7 Å². The highest BCUT2D eigenvalue weighted by molar-refractivity contribution is 9.10. The number of esters is 1. The van der Waals surface area contributed by atoms with E-state index >= 15 is 0 Å². The van der Waals surface area contributed by atoms with E-state index in [1.54, 1.807) is 12.1 Å². The van der Waals surface area contributed by atoms with Gasteiger partial charge in [0.2, 0.25) is 0 Å².